The Hall–Kier alpha value is -0.620. The van der Waals surface area contributed by atoms with Crippen LogP contribution in [0.3, 0.4) is 0 Å². The zero-order valence-corrected chi connectivity index (χ0v) is 9.65. The lowest BCUT2D eigenvalue weighted by Crippen LogP contribution is -2.34. The number of nitrogens with one attached hydrogen (secondary N) is 2. The van der Waals surface area contributed by atoms with Gasteiger partial charge in [-0.25, -0.2) is 8.42 Å². The van der Waals surface area contributed by atoms with Gasteiger partial charge in [0.25, 0.3) is 0 Å². The predicted molar refractivity (Wildman–Crippen MR) is 55.4 cm³/mol. The molecule has 2 N–H and O–H groups in total. The second-order valence-corrected chi connectivity index (χ2v) is 5.30. The van der Waals surface area contributed by atoms with Crippen LogP contribution in [0.15, 0.2) is 0 Å². The molecule has 0 aromatic carbocycles. The van der Waals surface area contributed by atoms with Gasteiger partial charge >= 0.3 is 0 Å². The van der Waals surface area contributed by atoms with Gasteiger partial charge in [-0.2, -0.15) is 0 Å². The van der Waals surface area contributed by atoms with Crippen LogP contribution in [0, 0.1) is 0 Å². The van der Waals surface area contributed by atoms with Gasteiger partial charge in [-0.05, 0) is 6.92 Å². The molecule has 0 atom stereocenters. The van der Waals surface area contributed by atoms with Crippen LogP contribution >= 0.6 is 0 Å². The summed E-state index contributed by atoms with van der Waals surface area (Å²) in [6.45, 7) is 5.89. The molecule has 1 amide bonds. The highest BCUT2D eigenvalue weighted by atomic mass is 32.2. The number of carbonyl (C=O) groups is 1. The normalized spacial score (nSPS) is 11.7. The molecule has 0 aliphatic heterocycles. The van der Waals surface area contributed by atoms with E-state index < -0.39 is 15.9 Å². The van der Waals surface area contributed by atoms with E-state index in [0.717, 1.165) is 0 Å². The molecule has 0 fully saturated rings. The minimum atomic E-state index is -3.40. The summed E-state index contributed by atoms with van der Waals surface area (Å²) in [5.41, 5.74) is 0. The second-order valence-electron chi connectivity index (χ2n) is 3.29. The smallest absolute Gasteiger partial charge is 0.234 e. The third-order valence-electron chi connectivity index (χ3n) is 1.55. The fraction of sp³-hybridized carbons (Fsp3) is 0.875. The first-order chi connectivity index (χ1) is 6.37. The van der Waals surface area contributed by atoms with Crippen LogP contribution in [0.5, 0.6) is 0 Å². The van der Waals surface area contributed by atoms with Gasteiger partial charge in [-0.15, -0.1) is 0 Å². The van der Waals surface area contributed by atoms with E-state index in [1.54, 1.807) is 0 Å². The standard InChI is InChI=1S/C8H18N2O3S/c1-4-14(12,13)10-8(11)5-6-9-7(2)3/h7,9H,4-6H2,1-3H3,(H,10,11). The van der Waals surface area contributed by atoms with Crippen molar-refractivity contribution in [3.05, 3.63) is 0 Å². The van der Waals surface area contributed by atoms with E-state index in [4.69, 9.17) is 0 Å². The third-order valence-corrected chi connectivity index (χ3v) is 2.85. The van der Waals surface area contributed by atoms with E-state index in [1.165, 1.54) is 6.92 Å². The maximum Gasteiger partial charge on any atom is 0.234 e. The van der Waals surface area contributed by atoms with Gasteiger partial charge in [0.1, 0.15) is 0 Å². The SMILES string of the molecule is CCS(=O)(=O)NC(=O)CCNC(C)C. The lowest BCUT2D eigenvalue weighted by Gasteiger charge is -2.07. The van der Waals surface area contributed by atoms with Crippen molar-refractivity contribution in [1.82, 2.24) is 10.0 Å². The fourth-order valence-corrected chi connectivity index (χ4v) is 1.36. The minimum Gasteiger partial charge on any atom is -0.314 e. The maximum absolute atomic E-state index is 11.1. The van der Waals surface area contributed by atoms with Crippen LogP contribution < -0.4 is 10.0 Å². The summed E-state index contributed by atoms with van der Waals surface area (Å²) in [5.74, 6) is -0.531. The van der Waals surface area contributed by atoms with Crippen LogP contribution in [-0.4, -0.2) is 32.7 Å². The van der Waals surface area contributed by atoms with E-state index in [1.807, 2.05) is 18.6 Å². The molecular formula is C8H18N2O3S. The molecule has 0 aliphatic rings. The minimum absolute atomic E-state index is 0.0731. The average molecular weight is 222 g/mol. The van der Waals surface area contributed by atoms with Gasteiger partial charge in [0.2, 0.25) is 15.9 Å². The van der Waals surface area contributed by atoms with Gasteiger partial charge < -0.3 is 5.32 Å². The first-order valence-electron chi connectivity index (χ1n) is 4.64. The van der Waals surface area contributed by atoms with Crippen LogP contribution in [0.2, 0.25) is 0 Å². The van der Waals surface area contributed by atoms with Crippen LogP contribution in [0.25, 0.3) is 0 Å². The topological polar surface area (TPSA) is 75.3 Å². The molecule has 0 rings (SSSR count). The van der Waals surface area contributed by atoms with Crippen molar-refractivity contribution in [2.75, 3.05) is 12.3 Å². The Kier molecular flexibility index (Phi) is 5.71. The Balaban J connectivity index is 3.78. The molecule has 0 aliphatic carbocycles. The summed E-state index contributed by atoms with van der Waals surface area (Å²) in [5, 5.41) is 3.02. The maximum atomic E-state index is 11.1. The molecule has 0 saturated heterocycles. The molecule has 0 heterocycles. The van der Waals surface area contributed by atoms with E-state index in [2.05, 4.69) is 5.32 Å². The molecule has 0 radical (unpaired) electrons. The summed E-state index contributed by atoms with van der Waals surface area (Å²) in [6, 6.07) is 0.297. The van der Waals surface area contributed by atoms with Crippen molar-refractivity contribution in [2.24, 2.45) is 0 Å². The summed E-state index contributed by atoms with van der Waals surface area (Å²) in [6.07, 6.45) is 0.178. The molecule has 14 heavy (non-hydrogen) atoms. The highest BCUT2D eigenvalue weighted by Crippen LogP contribution is 1.86. The summed E-state index contributed by atoms with van der Waals surface area (Å²) in [7, 11) is -3.40. The molecule has 84 valence electrons. The number of sulfonamides is 1. The monoisotopic (exact) mass is 222 g/mol. The lowest BCUT2D eigenvalue weighted by molar-refractivity contribution is -0.119. The van der Waals surface area contributed by atoms with Crippen LogP contribution in [-0.2, 0) is 14.8 Å². The van der Waals surface area contributed by atoms with E-state index in [0.29, 0.717) is 12.6 Å². The van der Waals surface area contributed by atoms with Crippen molar-refractivity contribution < 1.29 is 13.2 Å². The van der Waals surface area contributed by atoms with Gasteiger partial charge in [-0.1, -0.05) is 13.8 Å². The Morgan fingerprint density at radius 3 is 2.36 bits per heavy atom. The van der Waals surface area contributed by atoms with Gasteiger partial charge in [-0.3, -0.25) is 9.52 Å². The Morgan fingerprint density at radius 1 is 1.36 bits per heavy atom. The van der Waals surface area contributed by atoms with E-state index in [-0.39, 0.29) is 12.2 Å². The third kappa shape index (κ3) is 6.85. The highest BCUT2D eigenvalue weighted by molar-refractivity contribution is 7.90. The zero-order valence-electron chi connectivity index (χ0n) is 8.83. The Morgan fingerprint density at radius 2 is 1.93 bits per heavy atom. The van der Waals surface area contributed by atoms with Gasteiger partial charge in [0.05, 0.1) is 5.75 Å². The molecule has 5 nitrogen and oxygen atoms in total. The average Bonchev–Trinajstić information content (AvgIpc) is 2.02. The van der Waals surface area contributed by atoms with Crippen molar-refractivity contribution in [3.63, 3.8) is 0 Å². The Labute approximate surface area is 85.3 Å². The first kappa shape index (κ1) is 13.4. The van der Waals surface area contributed by atoms with Gasteiger partial charge in [0.15, 0.2) is 0 Å². The van der Waals surface area contributed by atoms with Crippen LogP contribution in [0.4, 0.5) is 0 Å². The molecule has 0 bridgehead atoms. The van der Waals surface area contributed by atoms with Crippen molar-refractivity contribution in [3.8, 4) is 0 Å². The summed E-state index contributed by atoms with van der Waals surface area (Å²) < 4.78 is 23.9. The number of hydrogen-bond donors (Lipinski definition) is 2. The Bertz CT molecular complexity index is 272. The van der Waals surface area contributed by atoms with Crippen molar-refractivity contribution in [1.29, 1.82) is 0 Å². The molecule has 0 aromatic heterocycles. The van der Waals surface area contributed by atoms with Gasteiger partial charge in [0, 0.05) is 19.0 Å². The lowest BCUT2D eigenvalue weighted by atomic mass is 10.3. The molecule has 0 spiro atoms. The van der Waals surface area contributed by atoms with E-state index in [9.17, 15) is 13.2 Å². The van der Waals surface area contributed by atoms with Crippen molar-refractivity contribution >= 4 is 15.9 Å². The molecule has 0 unspecified atom stereocenters. The van der Waals surface area contributed by atoms with Crippen molar-refractivity contribution in [2.45, 2.75) is 33.2 Å². The largest absolute Gasteiger partial charge is 0.314 e. The second kappa shape index (κ2) is 5.98. The summed E-state index contributed by atoms with van der Waals surface area (Å²) >= 11 is 0. The summed E-state index contributed by atoms with van der Waals surface area (Å²) in [4.78, 5) is 11.1. The molecular weight excluding hydrogens is 204 g/mol. The van der Waals surface area contributed by atoms with E-state index >= 15 is 0 Å². The fourth-order valence-electron chi connectivity index (χ4n) is 0.771. The molecule has 0 saturated carbocycles. The quantitative estimate of drug-likeness (QED) is 0.655. The molecule has 0 aromatic rings. The number of rotatable bonds is 6. The first-order valence-corrected chi connectivity index (χ1v) is 6.29. The number of amides is 1. The highest BCUT2D eigenvalue weighted by Gasteiger charge is 2.10. The number of carbonyl (C=O) groups excluding carboxylic acids is 1. The van der Waals surface area contributed by atoms with Crippen LogP contribution in [0.1, 0.15) is 27.2 Å². The zero-order chi connectivity index (χ0) is 11.2. The molecule has 6 heteroatoms. The predicted octanol–water partition coefficient (Wildman–Crippen LogP) is -0.160. The number of hydrogen-bond acceptors (Lipinski definition) is 4.